The SMILES string of the molecule is C[C@@H](CN1C[C@@H]2C[C@H]1C(=O)N2C1c2ccccc2CCc2ccccc21)C(=O)N1CCC[C@H]1C#N. The molecule has 35 heavy (non-hydrogen) atoms. The summed E-state index contributed by atoms with van der Waals surface area (Å²) in [5.41, 5.74) is 5.17. The number of benzene rings is 2. The number of fused-ring (bicyclic) bond motifs is 4. The molecule has 2 bridgehead atoms. The van der Waals surface area contributed by atoms with Crippen molar-refractivity contribution in [3.63, 3.8) is 0 Å². The molecule has 2 amide bonds. The third kappa shape index (κ3) is 3.65. The van der Waals surface area contributed by atoms with Gasteiger partial charge in [0.15, 0.2) is 0 Å². The Balaban J connectivity index is 1.24. The van der Waals surface area contributed by atoms with E-state index in [1.165, 1.54) is 22.3 Å². The van der Waals surface area contributed by atoms with Crippen LogP contribution in [-0.2, 0) is 22.4 Å². The molecule has 6 nitrogen and oxygen atoms in total. The van der Waals surface area contributed by atoms with Crippen LogP contribution in [0.1, 0.15) is 54.5 Å². The van der Waals surface area contributed by atoms with Crippen LogP contribution in [0.25, 0.3) is 0 Å². The summed E-state index contributed by atoms with van der Waals surface area (Å²) >= 11 is 0. The van der Waals surface area contributed by atoms with Crippen LogP contribution in [0.3, 0.4) is 0 Å². The number of hydrogen-bond acceptors (Lipinski definition) is 4. The zero-order valence-electron chi connectivity index (χ0n) is 20.3. The molecule has 0 aromatic heterocycles. The van der Waals surface area contributed by atoms with E-state index in [0.29, 0.717) is 13.1 Å². The lowest BCUT2D eigenvalue weighted by molar-refractivity contribution is -0.141. The fourth-order valence-corrected chi connectivity index (χ4v) is 6.90. The Morgan fingerprint density at radius 2 is 1.74 bits per heavy atom. The average molecular weight is 469 g/mol. The highest BCUT2D eigenvalue weighted by Gasteiger charge is 2.53. The minimum atomic E-state index is -0.299. The second kappa shape index (κ2) is 8.80. The Labute approximate surface area is 207 Å². The quantitative estimate of drug-likeness (QED) is 0.691. The predicted molar refractivity (Wildman–Crippen MR) is 132 cm³/mol. The fourth-order valence-electron chi connectivity index (χ4n) is 6.90. The summed E-state index contributed by atoms with van der Waals surface area (Å²) in [6, 6.07) is 19.1. The van der Waals surface area contributed by atoms with Gasteiger partial charge in [0.25, 0.3) is 0 Å². The maximum atomic E-state index is 13.9. The standard InChI is InChI=1S/C29H32N4O2/c1-19(28(34)32-14-6-9-22(32)16-30)17-31-18-23-15-26(31)29(35)33(23)27-24-10-4-2-7-20(24)12-13-21-8-3-5-11-25(21)27/h2-5,7-8,10-11,19,22-23,26-27H,6,9,12-15,17-18H2,1H3/t19-,22-,23-,26-/m0/s1. The number of piperazine rings is 1. The molecule has 0 N–H and O–H groups in total. The molecule has 3 saturated heterocycles. The van der Waals surface area contributed by atoms with Gasteiger partial charge >= 0.3 is 0 Å². The van der Waals surface area contributed by atoms with Gasteiger partial charge in [0, 0.05) is 31.6 Å². The summed E-state index contributed by atoms with van der Waals surface area (Å²) in [7, 11) is 0. The first-order valence-corrected chi connectivity index (χ1v) is 13.0. The lowest BCUT2D eigenvalue weighted by Gasteiger charge is -2.40. The first-order valence-electron chi connectivity index (χ1n) is 13.0. The lowest BCUT2D eigenvalue weighted by atomic mass is 9.92. The van der Waals surface area contributed by atoms with Gasteiger partial charge in [-0.05, 0) is 54.4 Å². The smallest absolute Gasteiger partial charge is 0.241 e. The maximum Gasteiger partial charge on any atom is 0.241 e. The Morgan fingerprint density at radius 1 is 1.09 bits per heavy atom. The van der Waals surface area contributed by atoms with Crippen molar-refractivity contribution in [3.05, 3.63) is 70.8 Å². The van der Waals surface area contributed by atoms with E-state index < -0.39 is 0 Å². The van der Waals surface area contributed by atoms with Crippen molar-refractivity contribution in [2.75, 3.05) is 19.6 Å². The summed E-state index contributed by atoms with van der Waals surface area (Å²) in [5.74, 6) is 0.0186. The molecule has 1 aliphatic carbocycles. The van der Waals surface area contributed by atoms with Crippen molar-refractivity contribution in [2.45, 2.75) is 63.2 Å². The van der Waals surface area contributed by atoms with Crippen LogP contribution in [0, 0.1) is 17.2 Å². The molecule has 3 heterocycles. The molecule has 180 valence electrons. The summed E-state index contributed by atoms with van der Waals surface area (Å²) < 4.78 is 0. The molecular formula is C29H32N4O2. The van der Waals surface area contributed by atoms with Crippen LogP contribution in [0.2, 0.25) is 0 Å². The first kappa shape index (κ1) is 22.3. The summed E-state index contributed by atoms with van der Waals surface area (Å²) in [5, 5.41) is 9.38. The largest absolute Gasteiger partial charge is 0.326 e. The Morgan fingerprint density at radius 3 is 2.37 bits per heavy atom. The molecule has 2 aromatic carbocycles. The van der Waals surface area contributed by atoms with Crippen molar-refractivity contribution in [3.8, 4) is 6.07 Å². The topological polar surface area (TPSA) is 67.7 Å². The van der Waals surface area contributed by atoms with E-state index in [1.807, 2.05) is 6.92 Å². The number of nitrogens with zero attached hydrogens (tertiary/aromatic N) is 4. The number of carbonyl (C=O) groups excluding carboxylic acids is 2. The monoisotopic (exact) mass is 468 g/mol. The number of aryl methyl sites for hydroxylation is 2. The summed E-state index contributed by atoms with van der Waals surface area (Å²) in [4.78, 5) is 33.0. The second-order valence-corrected chi connectivity index (χ2v) is 10.6. The molecule has 4 aliphatic rings. The Hall–Kier alpha value is -3.17. The number of nitriles is 1. The van der Waals surface area contributed by atoms with Crippen LogP contribution in [0.15, 0.2) is 48.5 Å². The van der Waals surface area contributed by atoms with Crippen molar-refractivity contribution < 1.29 is 9.59 Å². The second-order valence-electron chi connectivity index (χ2n) is 10.6. The number of carbonyl (C=O) groups is 2. The average Bonchev–Trinajstić information content (AvgIpc) is 3.56. The molecular weight excluding hydrogens is 436 g/mol. The van der Waals surface area contributed by atoms with Crippen LogP contribution in [0.5, 0.6) is 0 Å². The van der Waals surface area contributed by atoms with Gasteiger partial charge in [0.2, 0.25) is 11.8 Å². The van der Waals surface area contributed by atoms with Crippen molar-refractivity contribution >= 4 is 11.8 Å². The molecule has 0 saturated carbocycles. The number of hydrogen-bond donors (Lipinski definition) is 0. The van der Waals surface area contributed by atoms with E-state index in [0.717, 1.165) is 38.6 Å². The Bertz CT molecular complexity index is 1160. The van der Waals surface area contributed by atoms with Gasteiger partial charge in [-0.15, -0.1) is 0 Å². The number of amides is 2. The van der Waals surface area contributed by atoms with Crippen LogP contribution >= 0.6 is 0 Å². The van der Waals surface area contributed by atoms with Gasteiger partial charge in [-0.3, -0.25) is 14.5 Å². The molecule has 3 aliphatic heterocycles. The molecule has 6 heteroatoms. The van der Waals surface area contributed by atoms with Gasteiger partial charge in [0.05, 0.1) is 18.2 Å². The molecule has 0 unspecified atom stereocenters. The van der Waals surface area contributed by atoms with Crippen LogP contribution < -0.4 is 0 Å². The number of likely N-dealkylation sites (tertiary alicyclic amines) is 3. The van der Waals surface area contributed by atoms with E-state index >= 15 is 0 Å². The predicted octanol–water partition coefficient (Wildman–Crippen LogP) is 3.31. The molecule has 0 spiro atoms. The molecule has 3 fully saturated rings. The highest BCUT2D eigenvalue weighted by atomic mass is 16.2. The summed E-state index contributed by atoms with van der Waals surface area (Å²) in [6.45, 7) is 3.99. The molecule has 0 radical (unpaired) electrons. The molecule has 6 rings (SSSR count). The van der Waals surface area contributed by atoms with Gasteiger partial charge < -0.3 is 9.80 Å². The zero-order chi connectivity index (χ0) is 24.1. The highest BCUT2D eigenvalue weighted by molar-refractivity contribution is 5.87. The first-order chi connectivity index (χ1) is 17.1. The Kier molecular flexibility index (Phi) is 5.61. The van der Waals surface area contributed by atoms with Crippen molar-refractivity contribution in [2.24, 2.45) is 5.92 Å². The molecule has 2 aromatic rings. The highest BCUT2D eigenvalue weighted by Crippen LogP contribution is 2.44. The van der Waals surface area contributed by atoms with Crippen molar-refractivity contribution in [1.82, 2.24) is 14.7 Å². The van der Waals surface area contributed by atoms with Gasteiger partial charge in [-0.25, -0.2) is 0 Å². The van der Waals surface area contributed by atoms with E-state index in [4.69, 9.17) is 0 Å². The summed E-state index contributed by atoms with van der Waals surface area (Å²) in [6.07, 6.45) is 4.46. The van der Waals surface area contributed by atoms with Gasteiger partial charge in [-0.2, -0.15) is 5.26 Å². The normalized spacial score (nSPS) is 26.9. The lowest BCUT2D eigenvalue weighted by Crippen LogP contribution is -2.53. The zero-order valence-corrected chi connectivity index (χ0v) is 20.3. The fraction of sp³-hybridized carbons (Fsp3) is 0.483. The third-order valence-corrected chi connectivity index (χ3v) is 8.57. The minimum absolute atomic E-state index is 0.0467. The minimum Gasteiger partial charge on any atom is -0.326 e. The maximum absolute atomic E-state index is 13.9. The van der Waals surface area contributed by atoms with Crippen molar-refractivity contribution in [1.29, 1.82) is 5.26 Å². The third-order valence-electron chi connectivity index (χ3n) is 8.57. The number of rotatable bonds is 4. The van der Waals surface area contributed by atoms with Gasteiger partial charge in [-0.1, -0.05) is 55.5 Å². The van der Waals surface area contributed by atoms with Crippen LogP contribution in [0.4, 0.5) is 0 Å². The van der Waals surface area contributed by atoms with E-state index in [1.54, 1.807) is 4.90 Å². The van der Waals surface area contributed by atoms with E-state index in [9.17, 15) is 14.9 Å². The van der Waals surface area contributed by atoms with E-state index in [2.05, 4.69) is 64.4 Å². The van der Waals surface area contributed by atoms with Gasteiger partial charge in [0.1, 0.15) is 6.04 Å². The van der Waals surface area contributed by atoms with E-state index in [-0.39, 0.29) is 41.9 Å². The van der Waals surface area contributed by atoms with Crippen LogP contribution in [-0.4, -0.2) is 64.3 Å². The molecule has 4 atom stereocenters.